The third-order valence-corrected chi connectivity index (χ3v) is 9.77. The molecule has 15 heteroatoms. The van der Waals surface area contributed by atoms with Gasteiger partial charge in [0.05, 0.1) is 35.2 Å². The van der Waals surface area contributed by atoms with Gasteiger partial charge in [0, 0.05) is 50.4 Å². The third kappa shape index (κ3) is 6.12. The van der Waals surface area contributed by atoms with Gasteiger partial charge in [-0.2, -0.15) is 9.30 Å². The Morgan fingerprint density at radius 2 is 1.67 bits per heavy atom. The SMILES string of the molecule is CCOC(=O)N1CCN(S(=O)(=O)c2ccc(C(=O)N=c3sc4cc5c(cc4n3CCC(=O)OC)OCCO5)cc2)CC1. The second kappa shape index (κ2) is 12.5. The molecule has 1 fully saturated rings. The first-order chi connectivity index (χ1) is 20.2. The van der Waals surface area contributed by atoms with E-state index in [2.05, 4.69) is 4.99 Å². The van der Waals surface area contributed by atoms with Crippen molar-refractivity contribution in [2.24, 2.45) is 4.99 Å². The molecule has 1 aromatic heterocycles. The predicted octanol–water partition coefficient (Wildman–Crippen LogP) is 2.24. The standard InChI is InChI=1S/C27H30N4O9S2/c1-3-38-27(34)29-10-12-30(13-11-29)42(35,36)19-6-4-18(5-7-19)25(33)28-26-31(9-8-24(32)37-2)20-16-21-22(17-23(20)41-26)40-15-14-39-21/h4-7,16-17H,3,8-15H2,1-2H3. The van der Waals surface area contributed by atoms with Gasteiger partial charge in [-0.3, -0.25) is 9.59 Å². The van der Waals surface area contributed by atoms with Crippen LogP contribution in [0.5, 0.6) is 11.5 Å². The van der Waals surface area contributed by atoms with Crippen molar-refractivity contribution >= 4 is 49.5 Å². The molecule has 0 saturated carbocycles. The highest BCUT2D eigenvalue weighted by molar-refractivity contribution is 7.89. The summed E-state index contributed by atoms with van der Waals surface area (Å²) in [6, 6.07) is 9.19. The number of fused-ring (bicyclic) bond motifs is 2. The number of aromatic nitrogens is 1. The van der Waals surface area contributed by atoms with Crippen molar-refractivity contribution in [1.82, 2.24) is 13.8 Å². The maximum absolute atomic E-state index is 13.2. The van der Waals surface area contributed by atoms with Crippen LogP contribution in [0.2, 0.25) is 0 Å². The molecule has 0 radical (unpaired) electrons. The Balaban J connectivity index is 1.38. The van der Waals surface area contributed by atoms with Gasteiger partial charge < -0.3 is 28.4 Å². The molecular formula is C27H30N4O9S2. The van der Waals surface area contributed by atoms with Gasteiger partial charge in [0.15, 0.2) is 16.3 Å². The van der Waals surface area contributed by atoms with Crippen LogP contribution in [0.1, 0.15) is 23.7 Å². The monoisotopic (exact) mass is 618 g/mol. The van der Waals surface area contributed by atoms with Crippen LogP contribution in [0.25, 0.3) is 10.2 Å². The number of esters is 1. The minimum absolute atomic E-state index is 0.0317. The molecule has 0 unspecified atom stereocenters. The molecule has 2 aliphatic rings. The van der Waals surface area contributed by atoms with Crippen molar-refractivity contribution in [3.05, 3.63) is 46.8 Å². The summed E-state index contributed by atoms with van der Waals surface area (Å²) in [5.74, 6) is 0.177. The zero-order valence-electron chi connectivity index (χ0n) is 23.1. The smallest absolute Gasteiger partial charge is 0.409 e. The van der Waals surface area contributed by atoms with Crippen LogP contribution in [-0.2, 0) is 30.8 Å². The first-order valence-corrected chi connectivity index (χ1v) is 15.6. The van der Waals surface area contributed by atoms with Crippen LogP contribution in [0, 0.1) is 0 Å². The molecule has 0 spiro atoms. The van der Waals surface area contributed by atoms with Gasteiger partial charge in [0.1, 0.15) is 13.2 Å². The fourth-order valence-corrected chi connectivity index (χ4v) is 7.10. The molecule has 2 amide bonds. The molecule has 3 heterocycles. The molecule has 224 valence electrons. The Morgan fingerprint density at radius 3 is 2.31 bits per heavy atom. The fraction of sp³-hybridized carbons (Fsp3) is 0.407. The van der Waals surface area contributed by atoms with E-state index in [0.717, 1.165) is 10.2 Å². The largest absolute Gasteiger partial charge is 0.486 e. The molecule has 3 aromatic rings. The van der Waals surface area contributed by atoms with E-state index in [1.807, 2.05) is 6.07 Å². The quantitative estimate of drug-likeness (QED) is 0.364. The van der Waals surface area contributed by atoms with Crippen LogP contribution in [-0.4, -0.2) is 93.3 Å². The summed E-state index contributed by atoms with van der Waals surface area (Å²) >= 11 is 1.26. The molecule has 0 aliphatic carbocycles. The molecule has 1 saturated heterocycles. The van der Waals surface area contributed by atoms with Crippen molar-refractivity contribution in [2.75, 3.05) is 53.1 Å². The highest BCUT2D eigenvalue weighted by Crippen LogP contribution is 2.35. The molecule has 2 aliphatic heterocycles. The van der Waals surface area contributed by atoms with Crippen molar-refractivity contribution < 1.29 is 41.7 Å². The van der Waals surface area contributed by atoms with Crippen LogP contribution in [0.3, 0.4) is 0 Å². The molecule has 0 bridgehead atoms. The van der Waals surface area contributed by atoms with E-state index in [-0.39, 0.29) is 56.2 Å². The molecule has 0 N–H and O–H groups in total. The lowest BCUT2D eigenvalue weighted by Crippen LogP contribution is -2.50. The summed E-state index contributed by atoms with van der Waals surface area (Å²) < 4.78 is 51.4. The van der Waals surface area contributed by atoms with Crippen molar-refractivity contribution in [2.45, 2.75) is 24.8 Å². The number of carbonyl (C=O) groups is 3. The number of hydrogen-bond donors (Lipinski definition) is 0. The van der Waals surface area contributed by atoms with Crippen LogP contribution in [0.4, 0.5) is 4.79 Å². The van der Waals surface area contributed by atoms with E-state index in [9.17, 15) is 22.8 Å². The lowest BCUT2D eigenvalue weighted by molar-refractivity contribution is -0.140. The van der Waals surface area contributed by atoms with E-state index < -0.39 is 28.0 Å². The third-order valence-electron chi connectivity index (χ3n) is 6.81. The maximum Gasteiger partial charge on any atom is 0.409 e. The van der Waals surface area contributed by atoms with E-state index >= 15 is 0 Å². The summed E-state index contributed by atoms with van der Waals surface area (Å²) in [5, 5.41) is 0. The van der Waals surface area contributed by atoms with Crippen molar-refractivity contribution in [1.29, 1.82) is 0 Å². The van der Waals surface area contributed by atoms with E-state index in [1.54, 1.807) is 17.6 Å². The Morgan fingerprint density at radius 1 is 1.00 bits per heavy atom. The zero-order chi connectivity index (χ0) is 29.9. The highest BCUT2D eigenvalue weighted by atomic mass is 32.2. The number of nitrogens with zero attached hydrogens (tertiary/aromatic N) is 4. The Hall–Kier alpha value is -3.95. The van der Waals surface area contributed by atoms with E-state index in [1.165, 1.54) is 51.9 Å². The number of benzene rings is 2. The van der Waals surface area contributed by atoms with Gasteiger partial charge in [-0.05, 0) is 31.2 Å². The normalized spacial score (nSPS) is 16.0. The summed E-state index contributed by atoms with van der Waals surface area (Å²) in [5.41, 5.74) is 0.924. The second-order valence-corrected chi connectivity index (χ2v) is 12.3. The van der Waals surface area contributed by atoms with Gasteiger partial charge in [0.25, 0.3) is 5.91 Å². The summed E-state index contributed by atoms with van der Waals surface area (Å²) in [6.45, 7) is 3.73. The maximum atomic E-state index is 13.2. The predicted molar refractivity (Wildman–Crippen MR) is 151 cm³/mol. The minimum atomic E-state index is -3.83. The highest BCUT2D eigenvalue weighted by Gasteiger charge is 2.30. The van der Waals surface area contributed by atoms with Crippen LogP contribution >= 0.6 is 11.3 Å². The summed E-state index contributed by atoms with van der Waals surface area (Å²) in [6.07, 6.45) is -0.397. The van der Waals surface area contributed by atoms with Gasteiger partial charge in [0.2, 0.25) is 10.0 Å². The van der Waals surface area contributed by atoms with Gasteiger partial charge >= 0.3 is 12.1 Å². The van der Waals surface area contributed by atoms with Crippen LogP contribution < -0.4 is 14.3 Å². The molecule has 2 aromatic carbocycles. The number of hydrogen-bond acceptors (Lipinski definition) is 10. The number of amides is 2. The number of piperazine rings is 1. The molecule has 42 heavy (non-hydrogen) atoms. The van der Waals surface area contributed by atoms with Crippen LogP contribution in [0.15, 0.2) is 46.3 Å². The second-order valence-electron chi connectivity index (χ2n) is 9.36. The minimum Gasteiger partial charge on any atom is -0.486 e. The summed E-state index contributed by atoms with van der Waals surface area (Å²) in [4.78, 5) is 43.2. The van der Waals surface area contributed by atoms with Crippen molar-refractivity contribution in [3.63, 3.8) is 0 Å². The lowest BCUT2D eigenvalue weighted by atomic mass is 10.2. The van der Waals surface area contributed by atoms with E-state index in [0.29, 0.717) is 29.5 Å². The first-order valence-electron chi connectivity index (χ1n) is 13.3. The fourth-order valence-electron chi connectivity index (χ4n) is 4.61. The number of ether oxygens (including phenoxy) is 4. The van der Waals surface area contributed by atoms with Gasteiger partial charge in [-0.15, -0.1) is 0 Å². The molecule has 5 rings (SSSR count). The van der Waals surface area contributed by atoms with Gasteiger partial charge in [-0.1, -0.05) is 11.3 Å². The number of methoxy groups -OCH3 is 1. The molecular weight excluding hydrogens is 588 g/mol. The average molecular weight is 619 g/mol. The first kappa shape index (κ1) is 29.5. The Kier molecular flexibility index (Phi) is 8.80. The Labute approximate surface area is 245 Å². The topological polar surface area (TPSA) is 146 Å². The molecule has 13 nitrogen and oxygen atoms in total. The number of thiazole rings is 1. The number of aryl methyl sites for hydroxylation is 1. The number of sulfonamides is 1. The average Bonchev–Trinajstić information content (AvgIpc) is 3.34. The Bertz CT molecular complexity index is 1670. The number of carbonyl (C=O) groups excluding carboxylic acids is 3. The lowest BCUT2D eigenvalue weighted by Gasteiger charge is -2.33. The summed E-state index contributed by atoms with van der Waals surface area (Å²) in [7, 11) is -2.52. The van der Waals surface area contributed by atoms with Gasteiger partial charge in [-0.25, -0.2) is 13.2 Å². The van der Waals surface area contributed by atoms with E-state index in [4.69, 9.17) is 18.9 Å². The zero-order valence-corrected chi connectivity index (χ0v) is 24.7. The number of rotatable bonds is 7. The van der Waals surface area contributed by atoms with Crippen molar-refractivity contribution in [3.8, 4) is 11.5 Å². The molecule has 0 atom stereocenters.